The second kappa shape index (κ2) is 7.18. The molecule has 0 bridgehead atoms. The second-order valence-electron chi connectivity index (χ2n) is 7.61. The van der Waals surface area contributed by atoms with E-state index in [-0.39, 0.29) is 24.4 Å². The molecule has 1 saturated heterocycles. The van der Waals surface area contributed by atoms with Crippen LogP contribution in [0.3, 0.4) is 0 Å². The molecule has 1 fully saturated rings. The summed E-state index contributed by atoms with van der Waals surface area (Å²) in [7, 11) is 0. The van der Waals surface area contributed by atoms with Crippen LogP contribution in [0.5, 0.6) is 0 Å². The minimum Gasteiger partial charge on any atom is -0.348 e. The van der Waals surface area contributed by atoms with Crippen molar-refractivity contribution in [1.29, 1.82) is 0 Å². The van der Waals surface area contributed by atoms with Crippen molar-refractivity contribution in [3.8, 4) is 5.69 Å². The van der Waals surface area contributed by atoms with Crippen LogP contribution in [0.4, 0.5) is 0 Å². The summed E-state index contributed by atoms with van der Waals surface area (Å²) in [6.45, 7) is 5.08. The largest absolute Gasteiger partial charge is 0.348 e. The van der Waals surface area contributed by atoms with Crippen molar-refractivity contribution in [1.82, 2.24) is 20.0 Å². The Kier molecular flexibility index (Phi) is 4.72. The number of aryl methyl sites for hydroxylation is 1. The Bertz CT molecular complexity index is 886. The third-order valence-corrected chi connectivity index (χ3v) is 5.83. The van der Waals surface area contributed by atoms with E-state index in [4.69, 9.17) is 0 Å². The molecule has 2 amide bonds. The summed E-state index contributed by atoms with van der Waals surface area (Å²) in [5.41, 5.74) is 5.85. The molecule has 1 aliphatic heterocycles. The van der Waals surface area contributed by atoms with Crippen molar-refractivity contribution in [2.45, 2.75) is 52.0 Å². The monoisotopic (exact) mass is 366 g/mol. The third-order valence-electron chi connectivity index (χ3n) is 5.83. The van der Waals surface area contributed by atoms with Gasteiger partial charge in [-0.05, 0) is 56.7 Å². The molecule has 2 aromatic rings. The number of carbonyl (C=O) groups excluding carboxylic acids is 2. The van der Waals surface area contributed by atoms with Crippen molar-refractivity contribution in [2.75, 3.05) is 13.1 Å². The molecule has 0 unspecified atom stereocenters. The maximum Gasteiger partial charge on any atom is 0.240 e. The maximum absolute atomic E-state index is 12.5. The zero-order chi connectivity index (χ0) is 19.0. The van der Waals surface area contributed by atoms with Gasteiger partial charge in [-0.15, -0.1) is 0 Å². The van der Waals surface area contributed by atoms with Gasteiger partial charge in [0.1, 0.15) is 0 Å². The predicted octanol–water partition coefficient (Wildman–Crippen LogP) is 2.61. The Balaban J connectivity index is 1.54. The summed E-state index contributed by atoms with van der Waals surface area (Å²) in [6, 6.07) is 6.23. The van der Waals surface area contributed by atoms with E-state index in [0.717, 1.165) is 36.9 Å². The first kappa shape index (κ1) is 17.8. The van der Waals surface area contributed by atoms with Gasteiger partial charge in [0.15, 0.2) is 0 Å². The minimum absolute atomic E-state index is 0.0298. The fourth-order valence-electron chi connectivity index (χ4n) is 4.16. The van der Waals surface area contributed by atoms with Crippen LogP contribution in [-0.2, 0) is 16.0 Å². The molecule has 0 spiro atoms. The number of hydrogen-bond acceptors (Lipinski definition) is 3. The van der Waals surface area contributed by atoms with Gasteiger partial charge in [0.25, 0.3) is 0 Å². The molecule has 6 nitrogen and oxygen atoms in total. The number of carbonyl (C=O) groups is 2. The van der Waals surface area contributed by atoms with E-state index in [1.165, 1.54) is 16.8 Å². The Morgan fingerprint density at radius 3 is 2.89 bits per heavy atom. The Labute approximate surface area is 159 Å². The van der Waals surface area contributed by atoms with Gasteiger partial charge < -0.3 is 10.2 Å². The lowest BCUT2D eigenvalue weighted by molar-refractivity contribution is -0.133. The first-order valence-corrected chi connectivity index (χ1v) is 9.75. The van der Waals surface area contributed by atoms with Gasteiger partial charge in [0.2, 0.25) is 11.8 Å². The maximum atomic E-state index is 12.5. The van der Waals surface area contributed by atoms with Gasteiger partial charge in [0, 0.05) is 24.2 Å². The van der Waals surface area contributed by atoms with Crippen LogP contribution in [0.25, 0.3) is 5.69 Å². The zero-order valence-electron chi connectivity index (χ0n) is 16.0. The molecule has 0 saturated carbocycles. The normalized spacial score (nSPS) is 19.3. The molecule has 2 heterocycles. The second-order valence-corrected chi connectivity index (χ2v) is 7.61. The molecule has 27 heavy (non-hydrogen) atoms. The fourth-order valence-corrected chi connectivity index (χ4v) is 4.16. The van der Waals surface area contributed by atoms with Crippen molar-refractivity contribution >= 4 is 11.8 Å². The molecule has 1 N–H and O–H groups in total. The SMILES string of the molecule is Cc1cccc(-n2ncc3c2CCC[C@H]3NC(=O)CN2CCCC2=O)c1C. The molecular weight excluding hydrogens is 340 g/mol. The van der Waals surface area contributed by atoms with Gasteiger partial charge in [-0.2, -0.15) is 5.10 Å². The number of nitrogens with zero attached hydrogens (tertiary/aromatic N) is 3. The number of rotatable bonds is 4. The van der Waals surface area contributed by atoms with E-state index in [9.17, 15) is 9.59 Å². The average molecular weight is 366 g/mol. The Morgan fingerprint density at radius 1 is 1.26 bits per heavy atom. The molecule has 4 rings (SSSR count). The number of hydrogen-bond donors (Lipinski definition) is 1. The standard InChI is InChI=1S/C21H26N4O2/c1-14-6-3-8-18(15(14)2)25-19-9-4-7-17(16(19)12-22-25)23-20(26)13-24-11-5-10-21(24)27/h3,6,8,12,17H,4-5,7,9-11,13H2,1-2H3,(H,23,26)/t17-/m1/s1. The minimum atomic E-state index is -0.0809. The van der Waals surface area contributed by atoms with E-state index >= 15 is 0 Å². The molecule has 1 aromatic carbocycles. The van der Waals surface area contributed by atoms with Gasteiger partial charge in [-0.3, -0.25) is 9.59 Å². The lowest BCUT2D eigenvalue weighted by atomic mass is 9.92. The zero-order valence-corrected chi connectivity index (χ0v) is 16.0. The van der Waals surface area contributed by atoms with Gasteiger partial charge in [0.05, 0.1) is 24.5 Å². The molecule has 6 heteroatoms. The summed E-state index contributed by atoms with van der Waals surface area (Å²) < 4.78 is 2.03. The fraction of sp³-hybridized carbons (Fsp3) is 0.476. The molecule has 1 atom stereocenters. The highest BCUT2D eigenvalue weighted by molar-refractivity contribution is 5.86. The lowest BCUT2D eigenvalue weighted by Crippen LogP contribution is -2.40. The van der Waals surface area contributed by atoms with Crippen molar-refractivity contribution < 1.29 is 9.59 Å². The van der Waals surface area contributed by atoms with Gasteiger partial charge in [-0.25, -0.2) is 4.68 Å². The summed E-state index contributed by atoms with van der Waals surface area (Å²) in [5.74, 6) is -0.000175. The quantitative estimate of drug-likeness (QED) is 0.904. The number of likely N-dealkylation sites (tertiary alicyclic amines) is 1. The smallest absolute Gasteiger partial charge is 0.240 e. The molecule has 0 radical (unpaired) electrons. The highest BCUT2D eigenvalue weighted by Gasteiger charge is 2.28. The van der Waals surface area contributed by atoms with E-state index in [2.05, 4.69) is 42.5 Å². The van der Waals surface area contributed by atoms with Gasteiger partial charge >= 0.3 is 0 Å². The number of fused-ring (bicyclic) bond motifs is 1. The van der Waals surface area contributed by atoms with Crippen LogP contribution >= 0.6 is 0 Å². The molecule has 1 aliphatic carbocycles. The topological polar surface area (TPSA) is 67.2 Å². The van der Waals surface area contributed by atoms with Crippen molar-refractivity contribution in [3.05, 3.63) is 46.8 Å². The van der Waals surface area contributed by atoms with Crippen LogP contribution < -0.4 is 5.32 Å². The van der Waals surface area contributed by atoms with Crippen molar-refractivity contribution in [3.63, 3.8) is 0 Å². The van der Waals surface area contributed by atoms with Crippen LogP contribution in [0.15, 0.2) is 24.4 Å². The predicted molar refractivity (Wildman–Crippen MR) is 103 cm³/mol. The van der Waals surface area contributed by atoms with Crippen LogP contribution in [0, 0.1) is 13.8 Å². The summed E-state index contributed by atoms with van der Waals surface area (Å²) in [5, 5.41) is 7.77. The summed E-state index contributed by atoms with van der Waals surface area (Å²) >= 11 is 0. The first-order valence-electron chi connectivity index (χ1n) is 9.75. The molecular formula is C21H26N4O2. The Hall–Kier alpha value is -2.63. The Morgan fingerprint density at radius 2 is 2.11 bits per heavy atom. The number of benzene rings is 1. The lowest BCUT2D eigenvalue weighted by Gasteiger charge is -2.25. The number of amides is 2. The summed E-state index contributed by atoms with van der Waals surface area (Å²) in [4.78, 5) is 25.9. The molecule has 2 aliphatic rings. The van der Waals surface area contributed by atoms with E-state index in [0.29, 0.717) is 13.0 Å². The first-order chi connectivity index (χ1) is 13.0. The van der Waals surface area contributed by atoms with Crippen LogP contribution in [0.1, 0.15) is 54.1 Å². The van der Waals surface area contributed by atoms with E-state index in [1.807, 2.05) is 10.9 Å². The van der Waals surface area contributed by atoms with E-state index < -0.39 is 0 Å². The third kappa shape index (κ3) is 3.36. The number of nitrogens with one attached hydrogen (secondary N) is 1. The average Bonchev–Trinajstić information content (AvgIpc) is 3.25. The number of aromatic nitrogens is 2. The van der Waals surface area contributed by atoms with Gasteiger partial charge in [-0.1, -0.05) is 12.1 Å². The molecule has 142 valence electrons. The highest BCUT2D eigenvalue weighted by Crippen LogP contribution is 2.32. The highest BCUT2D eigenvalue weighted by atomic mass is 16.2. The van der Waals surface area contributed by atoms with Crippen LogP contribution in [0.2, 0.25) is 0 Å². The summed E-state index contributed by atoms with van der Waals surface area (Å²) in [6.07, 6.45) is 6.18. The van der Waals surface area contributed by atoms with Crippen LogP contribution in [-0.4, -0.2) is 39.6 Å². The van der Waals surface area contributed by atoms with Crippen molar-refractivity contribution in [2.24, 2.45) is 0 Å². The van der Waals surface area contributed by atoms with E-state index in [1.54, 1.807) is 4.90 Å². The molecule has 1 aromatic heterocycles.